The number of hydrogen-bond donors (Lipinski definition) is 1. The van der Waals surface area contributed by atoms with Gasteiger partial charge in [-0.15, -0.1) is 0 Å². The van der Waals surface area contributed by atoms with Gasteiger partial charge in [0.15, 0.2) is 5.82 Å². The SMILES string of the molecule is CNC(C)Cc1noc(-c2cc(Br)ccc2F)n1. The number of likely N-dealkylation sites (N-methyl/N-ethyl adjacent to an activating group) is 1. The Kier molecular flexibility index (Phi) is 4.08. The molecule has 0 aliphatic rings. The lowest BCUT2D eigenvalue weighted by atomic mass is 10.2. The predicted octanol–water partition coefficient (Wildman–Crippen LogP) is 2.79. The Morgan fingerprint density at radius 2 is 2.28 bits per heavy atom. The fourth-order valence-corrected chi connectivity index (χ4v) is 1.84. The average Bonchev–Trinajstić information content (AvgIpc) is 2.80. The summed E-state index contributed by atoms with van der Waals surface area (Å²) in [6, 6.07) is 4.84. The molecular weight excluding hydrogens is 301 g/mol. The quantitative estimate of drug-likeness (QED) is 0.943. The van der Waals surface area contributed by atoms with Gasteiger partial charge in [-0.25, -0.2) is 4.39 Å². The van der Waals surface area contributed by atoms with E-state index in [4.69, 9.17) is 4.52 Å². The second-order valence-electron chi connectivity index (χ2n) is 4.03. The van der Waals surface area contributed by atoms with Gasteiger partial charge in [-0.1, -0.05) is 21.1 Å². The van der Waals surface area contributed by atoms with Crippen LogP contribution in [0, 0.1) is 5.82 Å². The van der Waals surface area contributed by atoms with Crippen molar-refractivity contribution < 1.29 is 8.91 Å². The van der Waals surface area contributed by atoms with Gasteiger partial charge >= 0.3 is 0 Å². The zero-order chi connectivity index (χ0) is 13.1. The molecule has 1 aromatic heterocycles. The number of aromatic nitrogens is 2. The van der Waals surface area contributed by atoms with Gasteiger partial charge < -0.3 is 9.84 Å². The van der Waals surface area contributed by atoms with Crippen molar-refractivity contribution in [2.45, 2.75) is 19.4 Å². The van der Waals surface area contributed by atoms with E-state index in [9.17, 15) is 4.39 Å². The number of benzene rings is 1. The maximum absolute atomic E-state index is 13.6. The minimum absolute atomic E-state index is 0.201. The molecule has 1 aromatic carbocycles. The molecule has 4 nitrogen and oxygen atoms in total. The van der Waals surface area contributed by atoms with Crippen LogP contribution in [-0.2, 0) is 6.42 Å². The Morgan fingerprint density at radius 3 is 3.00 bits per heavy atom. The summed E-state index contributed by atoms with van der Waals surface area (Å²) in [6.07, 6.45) is 0.635. The molecule has 1 unspecified atom stereocenters. The summed E-state index contributed by atoms with van der Waals surface area (Å²) in [5.74, 6) is 0.383. The van der Waals surface area contributed by atoms with E-state index in [-0.39, 0.29) is 17.7 Å². The topological polar surface area (TPSA) is 51.0 Å². The number of nitrogens with zero attached hydrogens (tertiary/aromatic N) is 2. The molecule has 0 bridgehead atoms. The van der Waals surface area contributed by atoms with Crippen LogP contribution in [0.25, 0.3) is 11.5 Å². The molecule has 18 heavy (non-hydrogen) atoms. The first kappa shape index (κ1) is 13.2. The highest BCUT2D eigenvalue weighted by molar-refractivity contribution is 9.10. The summed E-state index contributed by atoms with van der Waals surface area (Å²) in [7, 11) is 1.86. The molecule has 6 heteroatoms. The summed E-state index contributed by atoms with van der Waals surface area (Å²) in [5, 5.41) is 6.92. The van der Waals surface area contributed by atoms with Crippen molar-refractivity contribution >= 4 is 15.9 Å². The van der Waals surface area contributed by atoms with Crippen molar-refractivity contribution in [1.82, 2.24) is 15.5 Å². The van der Waals surface area contributed by atoms with Gasteiger partial charge in [0.2, 0.25) is 0 Å². The van der Waals surface area contributed by atoms with E-state index >= 15 is 0 Å². The van der Waals surface area contributed by atoms with Crippen molar-refractivity contribution in [2.75, 3.05) is 7.05 Å². The van der Waals surface area contributed by atoms with E-state index < -0.39 is 0 Å². The second kappa shape index (κ2) is 5.58. The van der Waals surface area contributed by atoms with Crippen LogP contribution in [0.5, 0.6) is 0 Å². The monoisotopic (exact) mass is 313 g/mol. The van der Waals surface area contributed by atoms with Crippen molar-refractivity contribution in [2.24, 2.45) is 0 Å². The molecule has 0 fully saturated rings. The molecular formula is C12H13BrFN3O. The maximum atomic E-state index is 13.6. The van der Waals surface area contributed by atoms with Gasteiger partial charge in [-0.3, -0.25) is 0 Å². The Labute approximate surface area is 113 Å². The zero-order valence-electron chi connectivity index (χ0n) is 10.1. The van der Waals surface area contributed by atoms with Gasteiger partial charge in [0, 0.05) is 16.9 Å². The molecule has 1 N–H and O–H groups in total. The number of hydrogen-bond acceptors (Lipinski definition) is 4. The molecule has 1 heterocycles. The molecule has 0 saturated heterocycles. The normalized spacial score (nSPS) is 12.7. The van der Waals surface area contributed by atoms with Crippen LogP contribution in [0.1, 0.15) is 12.7 Å². The van der Waals surface area contributed by atoms with Crippen LogP contribution in [-0.4, -0.2) is 23.2 Å². The summed E-state index contributed by atoms with van der Waals surface area (Å²) < 4.78 is 19.5. The highest BCUT2D eigenvalue weighted by Gasteiger charge is 2.14. The van der Waals surface area contributed by atoms with Crippen LogP contribution in [0.15, 0.2) is 27.2 Å². The molecule has 0 aliphatic carbocycles. The minimum Gasteiger partial charge on any atom is -0.334 e. The molecule has 1 atom stereocenters. The van der Waals surface area contributed by atoms with E-state index in [1.54, 1.807) is 12.1 Å². The molecule has 96 valence electrons. The maximum Gasteiger partial charge on any atom is 0.260 e. The smallest absolute Gasteiger partial charge is 0.260 e. The van der Waals surface area contributed by atoms with Gasteiger partial charge in [-0.05, 0) is 32.2 Å². The van der Waals surface area contributed by atoms with Crippen molar-refractivity contribution in [3.63, 3.8) is 0 Å². The summed E-state index contributed by atoms with van der Waals surface area (Å²) in [6.45, 7) is 2.01. The van der Waals surface area contributed by atoms with Crippen molar-refractivity contribution in [1.29, 1.82) is 0 Å². The van der Waals surface area contributed by atoms with Gasteiger partial charge in [0.1, 0.15) is 5.82 Å². The largest absolute Gasteiger partial charge is 0.334 e. The van der Waals surface area contributed by atoms with Crippen molar-refractivity contribution in [3.05, 3.63) is 34.3 Å². The summed E-state index contributed by atoms with van der Waals surface area (Å²) in [4.78, 5) is 4.19. The molecule has 0 aliphatic heterocycles. The lowest BCUT2D eigenvalue weighted by Crippen LogP contribution is -2.24. The third-order valence-corrected chi connectivity index (χ3v) is 3.10. The van der Waals surface area contributed by atoms with E-state index in [1.807, 2.05) is 14.0 Å². The lowest BCUT2D eigenvalue weighted by molar-refractivity contribution is 0.416. The Bertz CT molecular complexity index is 544. The predicted molar refractivity (Wildman–Crippen MR) is 69.6 cm³/mol. The van der Waals surface area contributed by atoms with Crippen LogP contribution < -0.4 is 5.32 Å². The number of nitrogens with one attached hydrogen (secondary N) is 1. The fourth-order valence-electron chi connectivity index (χ4n) is 1.48. The number of halogens is 2. The molecule has 0 saturated carbocycles. The zero-order valence-corrected chi connectivity index (χ0v) is 11.7. The van der Waals surface area contributed by atoms with Crippen LogP contribution >= 0.6 is 15.9 Å². The lowest BCUT2D eigenvalue weighted by Gasteiger charge is -2.04. The number of rotatable bonds is 4. The van der Waals surface area contributed by atoms with E-state index in [2.05, 4.69) is 31.4 Å². The highest BCUT2D eigenvalue weighted by atomic mass is 79.9. The first-order valence-electron chi connectivity index (χ1n) is 5.55. The molecule has 2 aromatic rings. The molecule has 2 rings (SSSR count). The van der Waals surface area contributed by atoms with E-state index in [0.29, 0.717) is 17.8 Å². The second-order valence-corrected chi connectivity index (χ2v) is 4.95. The first-order valence-corrected chi connectivity index (χ1v) is 6.34. The van der Waals surface area contributed by atoms with Gasteiger partial charge in [0.25, 0.3) is 5.89 Å². The average molecular weight is 314 g/mol. The summed E-state index contributed by atoms with van der Waals surface area (Å²) in [5.41, 5.74) is 0.306. The Morgan fingerprint density at radius 1 is 1.50 bits per heavy atom. The Hall–Kier alpha value is -1.27. The molecule has 0 amide bonds. The van der Waals surface area contributed by atoms with Crippen molar-refractivity contribution in [3.8, 4) is 11.5 Å². The van der Waals surface area contributed by atoms with E-state index in [1.165, 1.54) is 6.07 Å². The van der Waals surface area contributed by atoms with Crippen LogP contribution in [0.2, 0.25) is 0 Å². The first-order chi connectivity index (χ1) is 8.60. The minimum atomic E-state index is -0.380. The summed E-state index contributed by atoms with van der Waals surface area (Å²) >= 11 is 3.29. The van der Waals surface area contributed by atoms with Crippen LogP contribution in [0.3, 0.4) is 0 Å². The molecule has 0 radical (unpaired) electrons. The Balaban J connectivity index is 2.26. The molecule has 0 spiro atoms. The standard InChI is InChI=1S/C12H13BrFN3O/c1-7(15-2)5-11-16-12(18-17-11)9-6-8(13)3-4-10(9)14/h3-4,6-7,15H,5H2,1-2H3. The fraction of sp³-hybridized carbons (Fsp3) is 0.333. The third kappa shape index (κ3) is 2.94. The highest BCUT2D eigenvalue weighted by Crippen LogP contribution is 2.24. The van der Waals surface area contributed by atoms with Gasteiger partial charge in [-0.2, -0.15) is 4.98 Å². The van der Waals surface area contributed by atoms with Gasteiger partial charge in [0.05, 0.1) is 5.56 Å². The third-order valence-electron chi connectivity index (χ3n) is 2.61. The van der Waals surface area contributed by atoms with E-state index in [0.717, 1.165) is 4.47 Å². The van der Waals surface area contributed by atoms with Crippen LogP contribution in [0.4, 0.5) is 4.39 Å².